The number of carbonyl (C=O) groups excluding carboxylic acids is 2. The summed E-state index contributed by atoms with van der Waals surface area (Å²) in [5, 5.41) is 0. The van der Waals surface area contributed by atoms with Crippen molar-refractivity contribution in [3.05, 3.63) is 149 Å². The summed E-state index contributed by atoms with van der Waals surface area (Å²) < 4.78 is 0. The van der Waals surface area contributed by atoms with E-state index in [1.165, 1.54) is 0 Å². The van der Waals surface area contributed by atoms with Gasteiger partial charge in [-0.05, 0) is 72.2 Å². The van der Waals surface area contributed by atoms with Crippen molar-refractivity contribution < 1.29 is 9.59 Å². The van der Waals surface area contributed by atoms with Crippen molar-refractivity contribution in [2.75, 3.05) is 0 Å². The van der Waals surface area contributed by atoms with Gasteiger partial charge in [-0.1, -0.05) is 121 Å². The average molecular weight is 521 g/mol. The van der Waals surface area contributed by atoms with Crippen molar-refractivity contribution in [2.24, 2.45) is 16.2 Å². The van der Waals surface area contributed by atoms with Crippen LogP contribution in [0.15, 0.2) is 127 Å². The summed E-state index contributed by atoms with van der Waals surface area (Å²) in [5.41, 5.74) is 3.79. The molecule has 0 amide bonds. The molecule has 7 rings (SSSR count). The Balaban J connectivity index is 1.73. The molecule has 3 aliphatic carbocycles. The van der Waals surface area contributed by atoms with Gasteiger partial charge in [-0.25, -0.2) is 0 Å². The fourth-order valence-electron chi connectivity index (χ4n) is 9.13. The maximum absolute atomic E-state index is 15.4. The van der Waals surface area contributed by atoms with Crippen LogP contribution in [0, 0.1) is 16.2 Å². The number of allylic oxidation sites excluding steroid dienone is 4. The topological polar surface area (TPSA) is 34.1 Å². The van der Waals surface area contributed by atoms with Gasteiger partial charge in [0, 0.05) is 0 Å². The predicted molar refractivity (Wildman–Crippen MR) is 161 cm³/mol. The Morgan fingerprint density at radius 2 is 0.850 bits per heavy atom. The molecule has 0 heterocycles. The van der Waals surface area contributed by atoms with E-state index >= 15 is 4.79 Å². The smallest absolute Gasteiger partial charge is 0.167 e. The largest absolute Gasteiger partial charge is 0.298 e. The highest BCUT2D eigenvalue weighted by Gasteiger charge is 2.88. The lowest BCUT2D eigenvalue weighted by Crippen LogP contribution is -2.56. The fraction of sp³-hybridized carbons (Fsp3) is 0.211. The summed E-state index contributed by atoms with van der Waals surface area (Å²) in [6.45, 7) is 8.23. The van der Waals surface area contributed by atoms with Crippen molar-refractivity contribution in [3.63, 3.8) is 0 Å². The van der Waals surface area contributed by atoms with Crippen LogP contribution in [0.5, 0.6) is 0 Å². The highest BCUT2D eigenvalue weighted by Crippen LogP contribution is 2.86. The van der Waals surface area contributed by atoms with E-state index in [4.69, 9.17) is 0 Å². The van der Waals surface area contributed by atoms with Gasteiger partial charge in [-0.15, -0.1) is 0 Å². The maximum atomic E-state index is 15.4. The van der Waals surface area contributed by atoms with Crippen molar-refractivity contribution in [3.8, 4) is 0 Å². The van der Waals surface area contributed by atoms with Crippen LogP contribution in [-0.4, -0.2) is 11.6 Å². The maximum Gasteiger partial charge on any atom is 0.167 e. The van der Waals surface area contributed by atoms with Crippen LogP contribution in [0.3, 0.4) is 0 Å². The lowest BCUT2D eigenvalue weighted by Gasteiger charge is -2.55. The van der Waals surface area contributed by atoms with E-state index in [-0.39, 0.29) is 11.6 Å². The molecule has 0 saturated heterocycles. The Labute approximate surface area is 236 Å². The first-order valence-corrected chi connectivity index (χ1v) is 14.1. The third-order valence-electron chi connectivity index (χ3n) is 10.6. The van der Waals surface area contributed by atoms with Gasteiger partial charge < -0.3 is 0 Å². The first-order valence-electron chi connectivity index (χ1n) is 14.1. The van der Waals surface area contributed by atoms with Crippen molar-refractivity contribution in [1.29, 1.82) is 0 Å². The zero-order valence-electron chi connectivity index (χ0n) is 23.4. The standard InChI is InChI=1S/C38H32O2/c1-25-30(26-17-9-5-10-18-26)38(29-23-15-8-16-24-29)36(3)32(28-21-13-7-14-22-28)31(27-19-11-6-12-20-27)35(2,34(36)40)37(38,4)33(25)39/h5-24H,1-4H3/t35-,36-,37+,38+/m1/s1. The molecule has 0 spiro atoms. The number of Topliss-reactive ketones (excluding diaryl/α,β-unsaturated/α-hetero) is 2. The van der Waals surface area contributed by atoms with E-state index in [0.717, 1.165) is 44.5 Å². The van der Waals surface area contributed by atoms with Gasteiger partial charge in [-0.3, -0.25) is 9.59 Å². The second kappa shape index (κ2) is 8.11. The van der Waals surface area contributed by atoms with Crippen LogP contribution in [0.1, 0.15) is 49.9 Å². The predicted octanol–water partition coefficient (Wildman–Crippen LogP) is 8.21. The van der Waals surface area contributed by atoms with Gasteiger partial charge in [0.2, 0.25) is 0 Å². The van der Waals surface area contributed by atoms with Gasteiger partial charge in [0.15, 0.2) is 11.6 Å². The molecule has 0 radical (unpaired) electrons. The van der Waals surface area contributed by atoms with E-state index < -0.39 is 21.7 Å². The normalized spacial score (nSPS) is 30.8. The van der Waals surface area contributed by atoms with E-state index in [0.29, 0.717) is 0 Å². The second-order valence-electron chi connectivity index (χ2n) is 12.0. The molecule has 0 N–H and O–H groups in total. The molecule has 3 aliphatic rings. The van der Waals surface area contributed by atoms with Crippen LogP contribution in [-0.2, 0) is 15.0 Å². The number of ketones is 2. The summed E-state index contributed by atoms with van der Waals surface area (Å²) >= 11 is 0. The minimum Gasteiger partial charge on any atom is -0.298 e. The zero-order valence-corrected chi connectivity index (χ0v) is 23.4. The van der Waals surface area contributed by atoms with Gasteiger partial charge in [0.1, 0.15) is 0 Å². The Hall–Kier alpha value is -4.30. The zero-order chi connectivity index (χ0) is 27.9. The third kappa shape index (κ3) is 2.47. The molecular weight excluding hydrogens is 488 g/mol. The molecule has 0 unspecified atom stereocenters. The van der Waals surface area contributed by atoms with Crippen molar-refractivity contribution in [1.82, 2.24) is 0 Å². The van der Waals surface area contributed by atoms with Gasteiger partial charge in [0.25, 0.3) is 0 Å². The summed E-state index contributed by atoms with van der Waals surface area (Å²) in [6, 6.07) is 41.1. The highest BCUT2D eigenvalue weighted by molar-refractivity contribution is 6.33. The molecule has 4 atom stereocenters. The Morgan fingerprint density at radius 1 is 0.475 bits per heavy atom. The Bertz CT molecular complexity index is 1750. The molecule has 196 valence electrons. The summed E-state index contributed by atoms with van der Waals surface area (Å²) in [5.74, 6) is 0.189. The number of hydrogen-bond acceptors (Lipinski definition) is 2. The molecule has 4 aromatic carbocycles. The highest BCUT2D eigenvalue weighted by atomic mass is 16.1. The molecule has 2 heteroatoms. The number of benzene rings is 4. The molecule has 2 nitrogen and oxygen atoms in total. The first kappa shape index (κ1) is 24.7. The number of fused-ring (bicyclic) bond motifs is 5. The van der Waals surface area contributed by atoms with E-state index in [9.17, 15) is 4.79 Å². The van der Waals surface area contributed by atoms with E-state index in [1.54, 1.807) is 0 Å². The molecular formula is C38H32O2. The summed E-state index contributed by atoms with van der Waals surface area (Å²) in [6.07, 6.45) is 0. The SMILES string of the molecule is CC1=C(c2ccccc2)[C@@]2(c3ccccc3)[C@@]3(C)C(=O)[C@@](C)(C(c4ccccc4)=C3c3ccccc3)[C@]2(C)C1=O. The van der Waals surface area contributed by atoms with Crippen LogP contribution in [0.25, 0.3) is 16.7 Å². The van der Waals surface area contributed by atoms with Gasteiger partial charge in [-0.2, -0.15) is 0 Å². The third-order valence-corrected chi connectivity index (χ3v) is 10.6. The second-order valence-corrected chi connectivity index (χ2v) is 12.0. The molecule has 1 saturated carbocycles. The molecule has 0 aliphatic heterocycles. The molecule has 1 fully saturated rings. The van der Waals surface area contributed by atoms with Crippen molar-refractivity contribution >= 4 is 28.3 Å². The monoisotopic (exact) mass is 520 g/mol. The van der Waals surface area contributed by atoms with Crippen LogP contribution in [0.4, 0.5) is 0 Å². The summed E-state index contributed by atoms with van der Waals surface area (Å²) in [7, 11) is 0. The molecule has 4 aromatic rings. The minimum absolute atomic E-state index is 0.0651. The van der Waals surface area contributed by atoms with Crippen LogP contribution < -0.4 is 0 Å². The van der Waals surface area contributed by atoms with Gasteiger partial charge >= 0.3 is 0 Å². The minimum atomic E-state index is -1.06. The van der Waals surface area contributed by atoms with Crippen LogP contribution >= 0.6 is 0 Å². The first-order chi connectivity index (χ1) is 19.3. The lowest BCUT2D eigenvalue weighted by atomic mass is 9.43. The summed E-state index contributed by atoms with van der Waals surface area (Å²) in [4.78, 5) is 30.3. The molecule has 2 bridgehead atoms. The van der Waals surface area contributed by atoms with E-state index in [2.05, 4.69) is 69.3 Å². The quantitative estimate of drug-likeness (QED) is 0.272. The number of rotatable bonds is 4. The molecule has 0 aromatic heterocycles. The van der Waals surface area contributed by atoms with Crippen LogP contribution in [0.2, 0.25) is 0 Å². The Kier molecular flexibility index (Phi) is 5.01. The number of hydrogen-bond donors (Lipinski definition) is 0. The lowest BCUT2D eigenvalue weighted by molar-refractivity contribution is -0.134. The van der Waals surface area contributed by atoms with E-state index in [1.807, 2.05) is 79.7 Å². The average Bonchev–Trinajstić information content (AvgIpc) is 3.37. The Morgan fingerprint density at radius 3 is 1.30 bits per heavy atom. The molecule has 40 heavy (non-hydrogen) atoms. The fourth-order valence-corrected chi connectivity index (χ4v) is 9.13. The van der Waals surface area contributed by atoms with Crippen molar-refractivity contribution in [2.45, 2.75) is 33.1 Å². The number of carbonyl (C=O) groups is 2. The van der Waals surface area contributed by atoms with Gasteiger partial charge in [0.05, 0.1) is 21.7 Å².